The van der Waals surface area contributed by atoms with Gasteiger partial charge in [-0.3, -0.25) is 4.79 Å². The van der Waals surface area contributed by atoms with Crippen LogP contribution in [0.5, 0.6) is 0 Å². The SMILES string of the molecule is CN1C(=O)CCC2(C)C3CCC4CCCC4C3CCC12. The highest BCUT2D eigenvalue weighted by atomic mass is 16.2. The van der Waals surface area contributed by atoms with Gasteiger partial charge in [0.25, 0.3) is 0 Å². The van der Waals surface area contributed by atoms with Crippen molar-refractivity contribution >= 4 is 5.91 Å². The number of hydrogen-bond donors (Lipinski definition) is 0. The van der Waals surface area contributed by atoms with Crippen molar-refractivity contribution in [2.24, 2.45) is 29.1 Å². The Hall–Kier alpha value is -0.530. The fourth-order valence-electron chi connectivity index (χ4n) is 6.77. The largest absolute Gasteiger partial charge is 0.342 e. The first-order valence-corrected chi connectivity index (χ1v) is 8.87. The van der Waals surface area contributed by atoms with Crippen LogP contribution in [0.4, 0.5) is 0 Å². The maximum absolute atomic E-state index is 12.1. The second-order valence-corrected chi connectivity index (χ2v) is 8.31. The predicted molar refractivity (Wildman–Crippen MR) is 80.2 cm³/mol. The van der Waals surface area contributed by atoms with E-state index in [0.29, 0.717) is 17.4 Å². The number of carbonyl (C=O) groups is 1. The van der Waals surface area contributed by atoms with Crippen molar-refractivity contribution in [3.63, 3.8) is 0 Å². The summed E-state index contributed by atoms with van der Waals surface area (Å²) in [5.41, 5.74) is 0.416. The van der Waals surface area contributed by atoms with Crippen molar-refractivity contribution in [3.05, 3.63) is 0 Å². The summed E-state index contributed by atoms with van der Waals surface area (Å²) in [6, 6.07) is 0.531. The summed E-state index contributed by atoms with van der Waals surface area (Å²) in [6.45, 7) is 2.52. The number of likely N-dealkylation sites (tertiary alicyclic amines) is 1. The Bertz CT molecular complexity index is 420. The lowest BCUT2D eigenvalue weighted by Crippen LogP contribution is -2.60. The molecule has 3 saturated carbocycles. The lowest BCUT2D eigenvalue weighted by atomic mass is 9.50. The molecule has 0 radical (unpaired) electrons. The van der Waals surface area contributed by atoms with E-state index in [4.69, 9.17) is 0 Å². The number of fused-ring (bicyclic) bond motifs is 5. The van der Waals surface area contributed by atoms with E-state index in [-0.39, 0.29) is 0 Å². The van der Waals surface area contributed by atoms with Crippen LogP contribution < -0.4 is 0 Å². The molecule has 4 fully saturated rings. The molecule has 0 aromatic rings. The summed E-state index contributed by atoms with van der Waals surface area (Å²) in [6.07, 6.45) is 12.0. The van der Waals surface area contributed by atoms with Crippen molar-refractivity contribution in [1.82, 2.24) is 4.90 Å². The Balaban J connectivity index is 1.64. The van der Waals surface area contributed by atoms with Gasteiger partial charge in [0.05, 0.1) is 0 Å². The van der Waals surface area contributed by atoms with Gasteiger partial charge in [0.15, 0.2) is 0 Å². The van der Waals surface area contributed by atoms with Crippen LogP contribution in [0, 0.1) is 29.1 Å². The summed E-state index contributed by atoms with van der Waals surface area (Å²) >= 11 is 0. The van der Waals surface area contributed by atoms with Crippen LogP contribution in [-0.2, 0) is 4.79 Å². The Morgan fingerprint density at radius 1 is 1.05 bits per heavy atom. The first kappa shape index (κ1) is 13.2. The van der Waals surface area contributed by atoms with Gasteiger partial charge >= 0.3 is 0 Å². The van der Waals surface area contributed by atoms with E-state index in [9.17, 15) is 4.79 Å². The maximum atomic E-state index is 12.1. The summed E-state index contributed by atoms with van der Waals surface area (Å²) in [7, 11) is 2.06. The van der Waals surface area contributed by atoms with E-state index >= 15 is 0 Å². The van der Waals surface area contributed by atoms with Gasteiger partial charge in [-0.25, -0.2) is 0 Å². The van der Waals surface area contributed by atoms with Crippen LogP contribution in [0.15, 0.2) is 0 Å². The Morgan fingerprint density at radius 2 is 1.90 bits per heavy atom. The van der Waals surface area contributed by atoms with Crippen LogP contribution >= 0.6 is 0 Å². The number of piperidine rings is 1. The van der Waals surface area contributed by atoms with Gasteiger partial charge in [-0.15, -0.1) is 0 Å². The normalized spacial score (nSPS) is 51.4. The maximum Gasteiger partial charge on any atom is 0.222 e. The van der Waals surface area contributed by atoms with Gasteiger partial charge in [0, 0.05) is 19.5 Å². The average Bonchev–Trinajstić information content (AvgIpc) is 2.92. The molecular weight excluding hydrogens is 246 g/mol. The molecule has 2 heteroatoms. The van der Waals surface area contributed by atoms with E-state index in [0.717, 1.165) is 36.5 Å². The molecule has 0 N–H and O–H groups in total. The van der Waals surface area contributed by atoms with Gasteiger partial charge in [-0.1, -0.05) is 19.8 Å². The molecule has 112 valence electrons. The monoisotopic (exact) mass is 275 g/mol. The molecule has 2 nitrogen and oxygen atoms in total. The molecule has 1 amide bonds. The van der Waals surface area contributed by atoms with Gasteiger partial charge in [-0.05, 0) is 67.6 Å². The van der Waals surface area contributed by atoms with Gasteiger partial charge in [0.1, 0.15) is 0 Å². The molecule has 20 heavy (non-hydrogen) atoms. The number of amides is 1. The molecule has 1 heterocycles. The third kappa shape index (κ3) is 1.66. The van der Waals surface area contributed by atoms with Crippen LogP contribution in [-0.4, -0.2) is 23.9 Å². The molecule has 1 saturated heterocycles. The van der Waals surface area contributed by atoms with E-state index in [2.05, 4.69) is 18.9 Å². The lowest BCUT2D eigenvalue weighted by molar-refractivity contribution is -0.153. The molecule has 1 aliphatic heterocycles. The number of rotatable bonds is 0. The molecule has 4 aliphatic rings. The topological polar surface area (TPSA) is 20.3 Å². The van der Waals surface area contributed by atoms with Crippen LogP contribution in [0.3, 0.4) is 0 Å². The van der Waals surface area contributed by atoms with Crippen molar-refractivity contribution in [2.75, 3.05) is 7.05 Å². The average molecular weight is 275 g/mol. The fourth-order valence-corrected chi connectivity index (χ4v) is 6.77. The second kappa shape index (κ2) is 4.48. The summed E-state index contributed by atoms with van der Waals surface area (Å²) in [5.74, 6) is 4.37. The summed E-state index contributed by atoms with van der Waals surface area (Å²) in [5, 5.41) is 0. The molecule has 0 spiro atoms. The van der Waals surface area contributed by atoms with E-state index < -0.39 is 0 Å². The third-order valence-corrected chi connectivity index (χ3v) is 7.75. The minimum atomic E-state index is 0.389. The zero-order chi connectivity index (χ0) is 13.9. The fraction of sp³-hybridized carbons (Fsp3) is 0.944. The lowest BCUT2D eigenvalue weighted by Gasteiger charge is -2.59. The quantitative estimate of drug-likeness (QED) is 0.657. The molecule has 0 aromatic heterocycles. The van der Waals surface area contributed by atoms with Crippen LogP contribution in [0.1, 0.15) is 64.7 Å². The summed E-state index contributed by atoms with van der Waals surface area (Å²) < 4.78 is 0. The predicted octanol–water partition coefficient (Wildman–Crippen LogP) is 3.85. The molecule has 4 rings (SSSR count). The zero-order valence-electron chi connectivity index (χ0n) is 13.1. The van der Waals surface area contributed by atoms with E-state index in [1.54, 1.807) is 0 Å². The standard InChI is InChI=1S/C18H29NO/c1-18-11-10-17(20)19(2)16(18)9-7-14-13-5-3-4-12(13)6-8-15(14)18/h12-16H,3-11H2,1-2H3. The van der Waals surface area contributed by atoms with Crippen molar-refractivity contribution in [1.29, 1.82) is 0 Å². The van der Waals surface area contributed by atoms with Crippen LogP contribution in [0.25, 0.3) is 0 Å². The molecule has 0 bridgehead atoms. The van der Waals surface area contributed by atoms with E-state index in [1.807, 2.05) is 0 Å². The minimum absolute atomic E-state index is 0.389. The smallest absolute Gasteiger partial charge is 0.222 e. The highest BCUT2D eigenvalue weighted by molar-refractivity contribution is 5.77. The summed E-state index contributed by atoms with van der Waals surface area (Å²) in [4.78, 5) is 14.2. The molecule has 0 aromatic carbocycles. The third-order valence-electron chi connectivity index (χ3n) is 7.75. The molecular formula is C18H29NO. The van der Waals surface area contributed by atoms with Crippen molar-refractivity contribution in [2.45, 2.75) is 70.8 Å². The minimum Gasteiger partial charge on any atom is -0.342 e. The van der Waals surface area contributed by atoms with Crippen molar-refractivity contribution < 1.29 is 4.79 Å². The molecule has 6 unspecified atom stereocenters. The van der Waals surface area contributed by atoms with Crippen LogP contribution in [0.2, 0.25) is 0 Å². The first-order valence-electron chi connectivity index (χ1n) is 8.87. The highest BCUT2D eigenvalue weighted by Gasteiger charge is 2.56. The molecule has 3 aliphatic carbocycles. The number of carbonyl (C=O) groups excluding carboxylic acids is 1. The highest BCUT2D eigenvalue weighted by Crippen LogP contribution is 2.60. The van der Waals surface area contributed by atoms with E-state index in [1.165, 1.54) is 44.9 Å². The zero-order valence-corrected chi connectivity index (χ0v) is 13.1. The Labute approximate surface area is 123 Å². The van der Waals surface area contributed by atoms with Crippen molar-refractivity contribution in [3.8, 4) is 0 Å². The Kier molecular flexibility index (Phi) is 2.95. The Morgan fingerprint density at radius 3 is 2.75 bits per heavy atom. The van der Waals surface area contributed by atoms with Gasteiger partial charge < -0.3 is 4.90 Å². The second-order valence-electron chi connectivity index (χ2n) is 8.31. The first-order chi connectivity index (χ1) is 9.61. The number of hydrogen-bond acceptors (Lipinski definition) is 1. The number of nitrogens with zero attached hydrogens (tertiary/aromatic N) is 1. The molecule has 6 atom stereocenters. The van der Waals surface area contributed by atoms with Gasteiger partial charge in [-0.2, -0.15) is 0 Å². The van der Waals surface area contributed by atoms with Gasteiger partial charge in [0.2, 0.25) is 5.91 Å².